The molecule has 17 heavy (non-hydrogen) atoms. The SMILES string of the molecule is COC(=O)CN.[C-]#[O+].[C-]#[O+].[C-]#[O+].[C-]#[O+].[C-]#[O+].[Cr]. The first-order valence-electron chi connectivity index (χ1n) is 2.60. The number of carbonyl (C=O) groups excluding carboxylic acids is 1. The van der Waals surface area contributed by atoms with E-state index in [-0.39, 0.29) is 29.9 Å². The molecule has 0 spiro atoms. The van der Waals surface area contributed by atoms with Crippen molar-refractivity contribution in [3.05, 3.63) is 33.3 Å². The predicted molar refractivity (Wildman–Crippen MR) is 40.7 cm³/mol. The van der Waals surface area contributed by atoms with Crippen molar-refractivity contribution in [1.82, 2.24) is 0 Å². The van der Waals surface area contributed by atoms with Crippen LogP contribution in [0.5, 0.6) is 0 Å². The molecule has 0 rings (SSSR count). The molecule has 8 nitrogen and oxygen atoms in total. The monoisotopic (exact) mass is 281 g/mol. The van der Waals surface area contributed by atoms with E-state index < -0.39 is 0 Å². The van der Waals surface area contributed by atoms with Gasteiger partial charge in [0.15, 0.2) is 0 Å². The molecule has 92 valence electrons. The summed E-state index contributed by atoms with van der Waals surface area (Å²) < 4.78 is 41.6. The Morgan fingerprint density at radius 2 is 1.12 bits per heavy atom. The molecule has 0 heterocycles. The fraction of sp³-hybridized carbons (Fsp3) is 0.250. The minimum absolute atomic E-state index is 0. The normalized spacial score (nSPS) is 3.29. The molecule has 0 atom stereocenters. The number of rotatable bonds is 1. The van der Waals surface area contributed by atoms with E-state index in [1.807, 2.05) is 0 Å². The van der Waals surface area contributed by atoms with Gasteiger partial charge in [0.1, 0.15) is 0 Å². The van der Waals surface area contributed by atoms with Crippen molar-refractivity contribution in [2.45, 2.75) is 0 Å². The molecule has 0 saturated carbocycles. The maximum Gasteiger partial charge on any atom is 0 e. The van der Waals surface area contributed by atoms with Crippen LogP contribution in [-0.4, -0.2) is 19.6 Å². The Morgan fingerprint density at radius 1 is 0.941 bits per heavy atom. The fourth-order valence-electron chi connectivity index (χ4n) is 0.0833. The van der Waals surface area contributed by atoms with Crippen molar-refractivity contribution in [1.29, 1.82) is 0 Å². The molecular weight excluding hydrogens is 274 g/mol. The van der Waals surface area contributed by atoms with Gasteiger partial charge in [-0.3, -0.25) is 4.79 Å². The number of hydrogen-bond donors (Lipinski definition) is 1. The Kier molecular flexibility index (Phi) is 539. The van der Waals surface area contributed by atoms with Crippen molar-refractivity contribution >= 4 is 5.97 Å². The van der Waals surface area contributed by atoms with Crippen LogP contribution in [0.25, 0.3) is 0 Å². The van der Waals surface area contributed by atoms with Crippen LogP contribution >= 0.6 is 0 Å². The maximum atomic E-state index is 9.83. The second-order valence-corrected chi connectivity index (χ2v) is 0.780. The van der Waals surface area contributed by atoms with Crippen LogP contribution in [0, 0.1) is 33.3 Å². The first-order chi connectivity index (χ1) is 7.81. The van der Waals surface area contributed by atoms with Gasteiger partial charge in [-0.05, 0) is 0 Å². The van der Waals surface area contributed by atoms with Crippen molar-refractivity contribution in [2.75, 3.05) is 13.7 Å². The molecule has 0 aliphatic carbocycles. The van der Waals surface area contributed by atoms with Crippen LogP contribution in [0.1, 0.15) is 0 Å². The predicted octanol–water partition coefficient (Wildman–Crippen LogP) is -1.07. The van der Waals surface area contributed by atoms with E-state index in [0.717, 1.165) is 0 Å². The van der Waals surface area contributed by atoms with E-state index in [1.54, 1.807) is 0 Å². The molecule has 2 N–H and O–H groups in total. The Hall–Kier alpha value is -1.34. The average molecular weight is 281 g/mol. The summed E-state index contributed by atoms with van der Waals surface area (Å²) in [5.74, 6) is -0.380. The Balaban J connectivity index is -0.0000000158. The van der Waals surface area contributed by atoms with Crippen LogP contribution in [0.4, 0.5) is 0 Å². The Labute approximate surface area is 109 Å². The van der Waals surface area contributed by atoms with Crippen molar-refractivity contribution in [2.24, 2.45) is 5.73 Å². The summed E-state index contributed by atoms with van der Waals surface area (Å²) in [6, 6.07) is 0. The molecule has 0 aromatic rings. The van der Waals surface area contributed by atoms with Gasteiger partial charge in [-0.25, -0.2) is 0 Å². The van der Waals surface area contributed by atoms with E-state index in [2.05, 4.69) is 38.0 Å². The molecule has 0 unspecified atom stereocenters. The number of nitrogens with two attached hydrogens (primary N) is 1. The molecule has 0 radical (unpaired) electrons. The molecular formula is C8H7CrNO7. The van der Waals surface area contributed by atoms with Crippen molar-refractivity contribution < 1.29 is 50.2 Å². The first kappa shape index (κ1) is 44.9. The van der Waals surface area contributed by atoms with E-state index in [9.17, 15) is 4.79 Å². The van der Waals surface area contributed by atoms with E-state index in [4.69, 9.17) is 29.0 Å². The maximum absolute atomic E-state index is 9.83. The van der Waals surface area contributed by atoms with E-state index in [1.165, 1.54) is 7.11 Å². The Morgan fingerprint density at radius 3 is 1.12 bits per heavy atom. The molecule has 0 saturated heterocycles. The van der Waals surface area contributed by atoms with Crippen LogP contribution in [-0.2, 0) is 50.2 Å². The molecule has 0 fully saturated rings. The molecule has 9 heteroatoms. The second-order valence-electron chi connectivity index (χ2n) is 0.780. The summed E-state index contributed by atoms with van der Waals surface area (Å²) in [7, 11) is 1.30. The number of methoxy groups -OCH3 is 1. The van der Waals surface area contributed by atoms with Crippen LogP contribution < -0.4 is 5.73 Å². The summed E-state index contributed by atoms with van der Waals surface area (Å²) >= 11 is 0. The topological polar surface area (TPSA) is 152 Å². The minimum atomic E-state index is -0.380. The van der Waals surface area contributed by atoms with Crippen molar-refractivity contribution in [3.8, 4) is 0 Å². The molecule has 0 aliphatic heterocycles. The van der Waals surface area contributed by atoms with Gasteiger partial charge in [0.05, 0.1) is 13.7 Å². The summed E-state index contributed by atoms with van der Waals surface area (Å²) in [5, 5.41) is 0. The van der Waals surface area contributed by atoms with E-state index >= 15 is 0 Å². The van der Waals surface area contributed by atoms with Gasteiger partial charge in [0.2, 0.25) is 0 Å². The largest absolute Gasteiger partial charge is 0 e. The number of ether oxygens (including phenoxy) is 1. The third kappa shape index (κ3) is 332. The summed E-state index contributed by atoms with van der Waals surface area (Å²) in [6.07, 6.45) is 0. The van der Waals surface area contributed by atoms with Crippen LogP contribution in [0.15, 0.2) is 0 Å². The van der Waals surface area contributed by atoms with Gasteiger partial charge >= 0.3 is 62.5 Å². The second kappa shape index (κ2) is 204. The molecule has 0 amide bonds. The fourth-order valence-corrected chi connectivity index (χ4v) is 0.0833. The average Bonchev–Trinajstić information content (AvgIpc) is 2.48. The van der Waals surface area contributed by atoms with Gasteiger partial charge in [0.25, 0.3) is 0 Å². The zero-order valence-electron chi connectivity index (χ0n) is 8.55. The molecule has 0 aliphatic rings. The Bertz CT molecular complexity index is 165. The zero-order chi connectivity index (χ0) is 15.0. The third-order valence-corrected chi connectivity index (χ3v) is 0.394. The number of hydrogen-bond acceptors (Lipinski definition) is 3. The molecule has 0 aromatic heterocycles. The van der Waals surface area contributed by atoms with Crippen LogP contribution in [0.2, 0.25) is 0 Å². The molecule has 0 aromatic carbocycles. The third-order valence-electron chi connectivity index (χ3n) is 0.394. The van der Waals surface area contributed by atoms with Gasteiger partial charge in [-0.15, -0.1) is 0 Å². The summed E-state index contributed by atoms with van der Waals surface area (Å²) in [5.41, 5.74) is 4.81. The molecule has 0 bridgehead atoms. The quantitative estimate of drug-likeness (QED) is 0.370. The van der Waals surface area contributed by atoms with Gasteiger partial charge in [-0.2, -0.15) is 0 Å². The smallest absolute Gasteiger partial charge is 0 e. The summed E-state index contributed by atoms with van der Waals surface area (Å²) in [4.78, 5) is 9.83. The van der Waals surface area contributed by atoms with E-state index in [0.29, 0.717) is 0 Å². The summed E-state index contributed by atoms with van der Waals surface area (Å²) in [6.45, 7) is 22.5. The number of carbonyl (C=O) groups is 1. The van der Waals surface area contributed by atoms with Gasteiger partial charge in [0, 0.05) is 17.4 Å². The van der Waals surface area contributed by atoms with Crippen LogP contribution in [0.3, 0.4) is 0 Å². The standard InChI is InChI=1S/C3H7NO2.5CO.Cr/c1-6-3(5)2-4;5*1-2;/h2,4H2,1H3;;;;;;. The first-order valence-corrected chi connectivity index (χ1v) is 2.60. The zero-order valence-corrected chi connectivity index (χ0v) is 9.83. The minimum Gasteiger partial charge on any atom is 0 e. The van der Waals surface area contributed by atoms with Gasteiger partial charge < -0.3 is 10.5 Å². The number of esters is 1. The van der Waals surface area contributed by atoms with Crippen molar-refractivity contribution in [3.63, 3.8) is 0 Å². The van der Waals surface area contributed by atoms with Gasteiger partial charge in [-0.1, -0.05) is 0 Å².